The first-order valence-corrected chi connectivity index (χ1v) is 6.82. The highest BCUT2D eigenvalue weighted by Gasteiger charge is 2.27. The van der Waals surface area contributed by atoms with Crippen molar-refractivity contribution in [2.45, 2.75) is 12.5 Å². The fourth-order valence-electron chi connectivity index (χ4n) is 2.04. The number of hydrogen-bond donors (Lipinski definition) is 2. The zero-order chi connectivity index (χ0) is 16.8. The number of carboxylic acids is 2. The molecule has 0 atom stereocenters. The van der Waals surface area contributed by atoms with Crippen molar-refractivity contribution in [3.8, 4) is 11.5 Å². The summed E-state index contributed by atoms with van der Waals surface area (Å²) in [5.74, 6) is -3.09. The van der Waals surface area contributed by atoms with Crippen LogP contribution >= 0.6 is 0 Å². The second-order valence-electron chi connectivity index (χ2n) is 4.82. The molecular weight excluding hydrogens is 300 g/mol. The standard InChI is InChI=1S/C17H16O6/c1-22-13-6-2-11(3-7-13)10-23-14-8-4-12(5-9-14)15(16(18)19)17(20)21/h2-9,15H,10H2,1H3,(H,18,19)(H,20,21). The lowest BCUT2D eigenvalue weighted by Crippen LogP contribution is -2.20. The number of benzene rings is 2. The molecule has 0 unspecified atom stereocenters. The van der Waals surface area contributed by atoms with Crippen LogP contribution in [0.15, 0.2) is 48.5 Å². The number of aliphatic carboxylic acids is 2. The second-order valence-corrected chi connectivity index (χ2v) is 4.82. The van der Waals surface area contributed by atoms with Gasteiger partial charge in [0.2, 0.25) is 0 Å². The van der Waals surface area contributed by atoms with Crippen LogP contribution in [0.3, 0.4) is 0 Å². The van der Waals surface area contributed by atoms with Gasteiger partial charge in [-0.1, -0.05) is 24.3 Å². The highest BCUT2D eigenvalue weighted by molar-refractivity contribution is 5.98. The number of ether oxygens (including phenoxy) is 2. The van der Waals surface area contributed by atoms with Gasteiger partial charge in [0, 0.05) is 0 Å². The Morgan fingerprint density at radius 1 is 0.913 bits per heavy atom. The Hall–Kier alpha value is -3.02. The zero-order valence-electron chi connectivity index (χ0n) is 12.4. The van der Waals surface area contributed by atoms with Crippen LogP contribution in [-0.2, 0) is 16.2 Å². The Kier molecular flexibility index (Phi) is 5.19. The van der Waals surface area contributed by atoms with Gasteiger partial charge in [0.1, 0.15) is 18.1 Å². The summed E-state index contributed by atoms with van der Waals surface area (Å²) in [7, 11) is 1.59. The summed E-state index contributed by atoms with van der Waals surface area (Å²) >= 11 is 0. The Morgan fingerprint density at radius 3 is 1.91 bits per heavy atom. The number of rotatable bonds is 7. The van der Waals surface area contributed by atoms with Gasteiger partial charge in [-0.25, -0.2) is 0 Å². The van der Waals surface area contributed by atoms with Crippen molar-refractivity contribution in [2.75, 3.05) is 7.11 Å². The molecule has 6 nitrogen and oxygen atoms in total. The van der Waals surface area contributed by atoms with Gasteiger partial charge in [0.25, 0.3) is 0 Å². The van der Waals surface area contributed by atoms with Crippen LogP contribution in [-0.4, -0.2) is 29.3 Å². The van der Waals surface area contributed by atoms with E-state index in [-0.39, 0.29) is 5.56 Å². The number of carbonyl (C=O) groups is 2. The first-order valence-electron chi connectivity index (χ1n) is 6.82. The number of hydrogen-bond acceptors (Lipinski definition) is 4. The van der Waals surface area contributed by atoms with Crippen LogP contribution in [0, 0.1) is 0 Å². The van der Waals surface area contributed by atoms with Crippen molar-refractivity contribution in [2.24, 2.45) is 0 Å². The van der Waals surface area contributed by atoms with Crippen molar-refractivity contribution >= 4 is 11.9 Å². The topological polar surface area (TPSA) is 93.1 Å². The van der Waals surface area contributed by atoms with Crippen molar-refractivity contribution in [3.63, 3.8) is 0 Å². The van der Waals surface area contributed by atoms with E-state index >= 15 is 0 Å². The molecule has 0 saturated carbocycles. The van der Waals surface area contributed by atoms with Gasteiger partial charge in [-0.05, 0) is 35.4 Å². The monoisotopic (exact) mass is 316 g/mol. The van der Waals surface area contributed by atoms with Crippen LogP contribution in [0.2, 0.25) is 0 Å². The molecule has 2 aromatic carbocycles. The fraction of sp³-hybridized carbons (Fsp3) is 0.176. The highest BCUT2D eigenvalue weighted by atomic mass is 16.5. The third-order valence-electron chi connectivity index (χ3n) is 3.27. The normalized spacial score (nSPS) is 10.3. The highest BCUT2D eigenvalue weighted by Crippen LogP contribution is 2.21. The Bertz CT molecular complexity index is 661. The average Bonchev–Trinajstić information content (AvgIpc) is 2.54. The van der Waals surface area contributed by atoms with Crippen molar-refractivity contribution in [1.29, 1.82) is 0 Å². The molecule has 2 N–H and O–H groups in total. The van der Waals surface area contributed by atoms with E-state index in [0.29, 0.717) is 12.4 Å². The minimum Gasteiger partial charge on any atom is -0.497 e. The summed E-state index contributed by atoms with van der Waals surface area (Å²) in [6.45, 7) is 0.338. The maximum atomic E-state index is 11.0. The molecule has 2 rings (SSSR count). The summed E-state index contributed by atoms with van der Waals surface area (Å²) in [6.07, 6.45) is 0. The molecule has 120 valence electrons. The molecule has 0 bridgehead atoms. The second kappa shape index (κ2) is 7.31. The van der Waals surface area contributed by atoms with Crippen molar-refractivity contribution in [3.05, 3.63) is 59.7 Å². The lowest BCUT2D eigenvalue weighted by molar-refractivity contribution is -0.150. The smallest absolute Gasteiger partial charge is 0.322 e. The molecule has 0 aromatic heterocycles. The van der Waals surface area contributed by atoms with E-state index in [0.717, 1.165) is 11.3 Å². The molecule has 0 radical (unpaired) electrons. The van der Waals surface area contributed by atoms with E-state index in [9.17, 15) is 9.59 Å². The molecule has 2 aromatic rings. The quantitative estimate of drug-likeness (QED) is 0.762. The summed E-state index contributed by atoms with van der Waals surface area (Å²) in [5, 5.41) is 17.9. The first-order chi connectivity index (χ1) is 11.0. The minimum atomic E-state index is -1.58. The van der Waals surface area contributed by atoms with Gasteiger partial charge in [-0.15, -0.1) is 0 Å². The molecule has 0 aliphatic carbocycles. The van der Waals surface area contributed by atoms with E-state index in [1.807, 2.05) is 24.3 Å². The van der Waals surface area contributed by atoms with Crippen molar-refractivity contribution < 1.29 is 29.3 Å². The third-order valence-corrected chi connectivity index (χ3v) is 3.27. The van der Waals surface area contributed by atoms with E-state index in [4.69, 9.17) is 19.7 Å². The van der Waals surface area contributed by atoms with E-state index in [1.165, 1.54) is 12.1 Å². The van der Waals surface area contributed by atoms with Crippen LogP contribution in [0.25, 0.3) is 0 Å². The van der Waals surface area contributed by atoms with Crippen LogP contribution < -0.4 is 9.47 Å². The molecule has 0 heterocycles. The number of carboxylic acid groups (broad SMARTS) is 2. The van der Waals surface area contributed by atoms with Gasteiger partial charge in [-0.3, -0.25) is 9.59 Å². The van der Waals surface area contributed by atoms with Gasteiger partial charge in [0.15, 0.2) is 5.92 Å². The summed E-state index contributed by atoms with van der Waals surface area (Å²) in [6, 6.07) is 13.4. The summed E-state index contributed by atoms with van der Waals surface area (Å²) < 4.78 is 10.7. The molecule has 0 aliphatic heterocycles. The predicted octanol–water partition coefficient (Wildman–Crippen LogP) is 2.53. The lowest BCUT2D eigenvalue weighted by Gasteiger charge is -2.10. The molecule has 0 amide bonds. The van der Waals surface area contributed by atoms with Crippen molar-refractivity contribution in [1.82, 2.24) is 0 Å². The fourth-order valence-corrected chi connectivity index (χ4v) is 2.04. The molecule has 23 heavy (non-hydrogen) atoms. The Labute approximate surface area is 132 Å². The Morgan fingerprint density at radius 2 is 1.43 bits per heavy atom. The third kappa shape index (κ3) is 4.23. The van der Waals surface area contributed by atoms with E-state index < -0.39 is 17.9 Å². The van der Waals surface area contributed by atoms with Crippen LogP contribution in [0.4, 0.5) is 0 Å². The zero-order valence-corrected chi connectivity index (χ0v) is 12.4. The molecule has 0 fully saturated rings. The van der Waals surface area contributed by atoms with E-state index in [1.54, 1.807) is 19.2 Å². The SMILES string of the molecule is COc1ccc(COc2ccc(C(C(=O)O)C(=O)O)cc2)cc1. The average molecular weight is 316 g/mol. The van der Waals surface area contributed by atoms with Gasteiger partial charge in [0.05, 0.1) is 7.11 Å². The van der Waals surface area contributed by atoms with Crippen LogP contribution in [0.1, 0.15) is 17.0 Å². The number of methoxy groups -OCH3 is 1. The molecule has 0 saturated heterocycles. The molecule has 0 aliphatic rings. The minimum absolute atomic E-state index is 0.196. The van der Waals surface area contributed by atoms with Gasteiger partial charge >= 0.3 is 11.9 Å². The van der Waals surface area contributed by atoms with Crippen LogP contribution in [0.5, 0.6) is 11.5 Å². The largest absolute Gasteiger partial charge is 0.497 e. The van der Waals surface area contributed by atoms with Gasteiger partial charge in [-0.2, -0.15) is 0 Å². The maximum absolute atomic E-state index is 11.0. The lowest BCUT2D eigenvalue weighted by atomic mass is 9.99. The Balaban J connectivity index is 2.01. The predicted molar refractivity (Wildman–Crippen MR) is 81.8 cm³/mol. The molecule has 6 heteroatoms. The van der Waals surface area contributed by atoms with Gasteiger partial charge < -0.3 is 19.7 Å². The molecular formula is C17H16O6. The van der Waals surface area contributed by atoms with E-state index in [2.05, 4.69) is 0 Å². The summed E-state index contributed by atoms with van der Waals surface area (Å²) in [4.78, 5) is 21.9. The molecule has 0 spiro atoms. The first kappa shape index (κ1) is 16.4. The maximum Gasteiger partial charge on any atom is 0.322 e. The summed E-state index contributed by atoms with van der Waals surface area (Å²) in [5.41, 5.74) is 1.14.